The number of methoxy groups -OCH3 is 1. The van der Waals surface area contributed by atoms with Gasteiger partial charge in [-0.3, -0.25) is 14.9 Å². The van der Waals surface area contributed by atoms with Gasteiger partial charge in [-0.05, 0) is 19.4 Å². The molecule has 0 bridgehead atoms. The zero-order chi connectivity index (χ0) is 20.1. The number of rotatable bonds is 5. The van der Waals surface area contributed by atoms with Gasteiger partial charge in [0.25, 0.3) is 5.69 Å². The minimum Gasteiger partial charge on any atom is -0.466 e. The SMILES string of the molecule is CCOC(=O)[C@@H]1/C(=C/Cl)NC(C)=C(C(=O)OC)[C@@H]1c1cccc([N+](=O)[O-])c1. The first-order chi connectivity index (χ1) is 12.8. The number of carbonyl (C=O) groups is 2. The maximum absolute atomic E-state index is 12.7. The number of non-ortho nitro benzene ring substituents is 1. The van der Waals surface area contributed by atoms with E-state index >= 15 is 0 Å². The molecule has 0 saturated heterocycles. The van der Waals surface area contributed by atoms with Crippen molar-refractivity contribution in [2.75, 3.05) is 13.7 Å². The molecule has 0 fully saturated rings. The van der Waals surface area contributed by atoms with Crippen LogP contribution >= 0.6 is 11.6 Å². The highest BCUT2D eigenvalue weighted by Gasteiger charge is 2.43. The maximum atomic E-state index is 12.7. The average molecular weight is 395 g/mol. The molecule has 0 spiro atoms. The molecule has 1 aliphatic rings. The Hall–Kier alpha value is -2.87. The molecule has 2 atom stereocenters. The minimum atomic E-state index is -0.984. The Balaban J connectivity index is 2.73. The Labute approximate surface area is 160 Å². The molecule has 27 heavy (non-hydrogen) atoms. The highest BCUT2D eigenvalue weighted by atomic mass is 35.5. The van der Waals surface area contributed by atoms with E-state index in [1.54, 1.807) is 19.9 Å². The van der Waals surface area contributed by atoms with E-state index < -0.39 is 28.7 Å². The monoisotopic (exact) mass is 394 g/mol. The molecule has 0 amide bonds. The first-order valence-corrected chi connectivity index (χ1v) is 8.56. The Morgan fingerprint density at radius 3 is 2.67 bits per heavy atom. The molecule has 0 radical (unpaired) electrons. The van der Waals surface area contributed by atoms with Crippen LogP contribution in [-0.4, -0.2) is 30.6 Å². The van der Waals surface area contributed by atoms with Crippen molar-refractivity contribution in [1.82, 2.24) is 5.32 Å². The van der Waals surface area contributed by atoms with Crippen LogP contribution in [0.5, 0.6) is 0 Å². The van der Waals surface area contributed by atoms with Gasteiger partial charge >= 0.3 is 11.9 Å². The fraction of sp³-hybridized carbons (Fsp3) is 0.333. The lowest BCUT2D eigenvalue weighted by molar-refractivity contribution is -0.384. The number of hydrogen-bond donors (Lipinski definition) is 1. The smallest absolute Gasteiger partial charge is 0.336 e. The standard InChI is InChI=1S/C18H19ClN2O6/c1-4-27-18(23)16-13(9-19)20-10(2)14(17(22)26-3)15(16)11-6-5-7-12(8-11)21(24)25/h5-9,15-16,20H,4H2,1-3H3/b13-9-/t15-,16+/m0/s1. The number of ether oxygens (including phenoxy) is 2. The zero-order valence-corrected chi connectivity index (χ0v) is 15.8. The molecule has 1 aromatic rings. The summed E-state index contributed by atoms with van der Waals surface area (Å²) in [5.41, 5.74) is 2.39. The Morgan fingerprint density at radius 2 is 2.11 bits per heavy atom. The van der Waals surface area contributed by atoms with Crippen molar-refractivity contribution in [3.63, 3.8) is 0 Å². The topological polar surface area (TPSA) is 108 Å². The largest absolute Gasteiger partial charge is 0.466 e. The fourth-order valence-electron chi connectivity index (χ4n) is 3.11. The lowest BCUT2D eigenvalue weighted by Crippen LogP contribution is -2.40. The van der Waals surface area contributed by atoms with Crippen molar-refractivity contribution in [2.24, 2.45) is 5.92 Å². The normalized spacial score (nSPS) is 20.8. The first kappa shape index (κ1) is 20.4. The van der Waals surface area contributed by atoms with Gasteiger partial charge in [0.2, 0.25) is 0 Å². The van der Waals surface area contributed by atoms with E-state index in [0.29, 0.717) is 17.0 Å². The lowest BCUT2D eigenvalue weighted by Gasteiger charge is -2.35. The van der Waals surface area contributed by atoms with Gasteiger partial charge in [-0.2, -0.15) is 0 Å². The van der Waals surface area contributed by atoms with Crippen LogP contribution in [0.4, 0.5) is 5.69 Å². The fourth-order valence-corrected chi connectivity index (χ4v) is 3.30. The number of esters is 2. The maximum Gasteiger partial charge on any atom is 0.336 e. The molecule has 9 heteroatoms. The number of halogens is 1. The van der Waals surface area contributed by atoms with Gasteiger partial charge in [0.1, 0.15) is 5.92 Å². The summed E-state index contributed by atoms with van der Waals surface area (Å²) < 4.78 is 10.0. The molecule has 1 N–H and O–H groups in total. The van der Waals surface area contributed by atoms with Gasteiger partial charge in [0.15, 0.2) is 0 Å². The average Bonchev–Trinajstić information content (AvgIpc) is 2.66. The van der Waals surface area contributed by atoms with E-state index in [2.05, 4.69) is 5.32 Å². The molecule has 2 rings (SSSR count). The van der Waals surface area contributed by atoms with Crippen molar-refractivity contribution in [2.45, 2.75) is 19.8 Å². The van der Waals surface area contributed by atoms with Crippen molar-refractivity contribution < 1.29 is 24.0 Å². The van der Waals surface area contributed by atoms with Crippen LogP contribution < -0.4 is 5.32 Å². The third-order valence-electron chi connectivity index (χ3n) is 4.22. The highest BCUT2D eigenvalue weighted by molar-refractivity contribution is 6.26. The lowest BCUT2D eigenvalue weighted by atomic mass is 9.75. The molecule has 1 aromatic carbocycles. The predicted molar refractivity (Wildman–Crippen MR) is 97.7 cm³/mol. The van der Waals surface area contributed by atoms with Crippen molar-refractivity contribution >= 4 is 29.2 Å². The quantitative estimate of drug-likeness (QED) is 0.464. The summed E-state index contributed by atoms with van der Waals surface area (Å²) in [5, 5.41) is 14.1. The number of benzene rings is 1. The molecule has 8 nitrogen and oxygen atoms in total. The Morgan fingerprint density at radius 1 is 1.41 bits per heavy atom. The molecular weight excluding hydrogens is 376 g/mol. The molecule has 144 valence electrons. The van der Waals surface area contributed by atoms with Crippen LogP contribution in [0.2, 0.25) is 0 Å². The summed E-state index contributed by atoms with van der Waals surface area (Å²) in [4.78, 5) is 35.7. The summed E-state index contributed by atoms with van der Waals surface area (Å²) in [5.74, 6) is -3.10. The van der Waals surface area contributed by atoms with Crippen molar-refractivity contribution in [3.05, 3.63) is 62.4 Å². The molecular formula is C18H19ClN2O6. The van der Waals surface area contributed by atoms with Gasteiger partial charge in [-0.25, -0.2) is 4.79 Å². The van der Waals surface area contributed by atoms with Gasteiger partial charge in [0, 0.05) is 35.0 Å². The van der Waals surface area contributed by atoms with Crippen LogP contribution in [-0.2, 0) is 19.1 Å². The van der Waals surface area contributed by atoms with E-state index in [-0.39, 0.29) is 17.9 Å². The molecule has 1 aliphatic heterocycles. The number of allylic oxidation sites excluding steroid dienone is 1. The Bertz CT molecular complexity index is 833. The molecule has 0 saturated carbocycles. The molecule has 0 aromatic heterocycles. The number of nitrogens with zero attached hydrogens (tertiary/aromatic N) is 1. The summed E-state index contributed by atoms with van der Waals surface area (Å²) in [6.07, 6.45) is 0. The highest BCUT2D eigenvalue weighted by Crippen LogP contribution is 2.42. The van der Waals surface area contributed by atoms with Crippen LogP contribution in [0.3, 0.4) is 0 Å². The molecule has 1 heterocycles. The van der Waals surface area contributed by atoms with Gasteiger partial charge in [-0.1, -0.05) is 23.7 Å². The van der Waals surface area contributed by atoms with Crippen LogP contribution in [0.25, 0.3) is 0 Å². The molecule has 0 unspecified atom stereocenters. The summed E-state index contributed by atoms with van der Waals surface area (Å²) >= 11 is 5.90. The third-order valence-corrected chi connectivity index (χ3v) is 4.45. The second-order valence-electron chi connectivity index (χ2n) is 5.78. The van der Waals surface area contributed by atoms with E-state index in [9.17, 15) is 19.7 Å². The number of nitro groups is 1. The van der Waals surface area contributed by atoms with Crippen LogP contribution in [0.15, 0.2) is 46.8 Å². The van der Waals surface area contributed by atoms with Crippen molar-refractivity contribution in [1.29, 1.82) is 0 Å². The number of carbonyl (C=O) groups excluding carboxylic acids is 2. The summed E-state index contributed by atoms with van der Waals surface area (Å²) in [6.45, 7) is 3.42. The van der Waals surface area contributed by atoms with E-state index in [0.717, 1.165) is 0 Å². The van der Waals surface area contributed by atoms with Crippen LogP contribution in [0, 0.1) is 16.0 Å². The number of nitro benzene ring substituents is 1. The van der Waals surface area contributed by atoms with Crippen molar-refractivity contribution in [3.8, 4) is 0 Å². The van der Waals surface area contributed by atoms with Crippen LogP contribution in [0.1, 0.15) is 25.3 Å². The van der Waals surface area contributed by atoms with E-state index in [1.807, 2.05) is 0 Å². The third kappa shape index (κ3) is 4.11. The zero-order valence-electron chi connectivity index (χ0n) is 15.0. The molecule has 0 aliphatic carbocycles. The minimum absolute atomic E-state index is 0.128. The summed E-state index contributed by atoms with van der Waals surface area (Å²) in [7, 11) is 1.22. The van der Waals surface area contributed by atoms with Gasteiger partial charge in [0.05, 0.1) is 24.2 Å². The Kier molecular flexibility index (Phi) is 6.57. The summed E-state index contributed by atoms with van der Waals surface area (Å²) in [6, 6.07) is 5.75. The van der Waals surface area contributed by atoms with Gasteiger partial charge < -0.3 is 14.8 Å². The number of nitrogens with one attached hydrogen (secondary N) is 1. The predicted octanol–water partition coefficient (Wildman–Crippen LogP) is 2.99. The second-order valence-corrected chi connectivity index (χ2v) is 6.00. The van der Waals surface area contributed by atoms with E-state index in [1.165, 1.54) is 30.8 Å². The van der Waals surface area contributed by atoms with Gasteiger partial charge in [-0.15, -0.1) is 0 Å². The van der Waals surface area contributed by atoms with E-state index in [4.69, 9.17) is 21.1 Å². The second kappa shape index (κ2) is 8.68. The number of hydrogen-bond acceptors (Lipinski definition) is 7. The first-order valence-electron chi connectivity index (χ1n) is 8.13.